The number of ether oxygens (including phenoxy) is 2. The Bertz CT molecular complexity index is 401. The molecule has 1 aromatic carbocycles. The first kappa shape index (κ1) is 13.2. The lowest BCUT2D eigenvalue weighted by Gasteiger charge is -2.24. The highest BCUT2D eigenvalue weighted by molar-refractivity contribution is 5.43. The smallest absolute Gasteiger partial charge is 0.161 e. The Morgan fingerprint density at radius 3 is 2.61 bits per heavy atom. The Kier molecular flexibility index (Phi) is 4.12. The third-order valence-corrected chi connectivity index (χ3v) is 3.47. The first-order valence-electron chi connectivity index (χ1n) is 6.74. The van der Waals surface area contributed by atoms with E-state index in [1.165, 1.54) is 5.56 Å². The van der Waals surface area contributed by atoms with Crippen molar-refractivity contribution in [1.29, 1.82) is 0 Å². The molecule has 18 heavy (non-hydrogen) atoms. The first-order chi connectivity index (χ1) is 8.61. The maximum Gasteiger partial charge on any atom is 0.161 e. The lowest BCUT2D eigenvalue weighted by atomic mass is 10.0. The van der Waals surface area contributed by atoms with Gasteiger partial charge in [-0.25, -0.2) is 0 Å². The third kappa shape index (κ3) is 3.39. The summed E-state index contributed by atoms with van der Waals surface area (Å²) in [5.74, 6) is 1.74. The van der Waals surface area contributed by atoms with Crippen molar-refractivity contribution in [1.82, 2.24) is 5.32 Å². The number of hydrogen-bond donors (Lipinski definition) is 1. The van der Waals surface area contributed by atoms with Crippen molar-refractivity contribution in [3.8, 4) is 11.5 Å². The summed E-state index contributed by atoms with van der Waals surface area (Å²) in [5, 5.41) is 3.55. The molecule has 0 saturated heterocycles. The minimum Gasteiger partial charge on any atom is -0.490 e. The van der Waals surface area contributed by atoms with Crippen molar-refractivity contribution in [2.45, 2.75) is 45.7 Å². The van der Waals surface area contributed by atoms with Crippen molar-refractivity contribution in [3.63, 3.8) is 0 Å². The summed E-state index contributed by atoms with van der Waals surface area (Å²) in [7, 11) is 0. The summed E-state index contributed by atoms with van der Waals surface area (Å²) in [5.41, 5.74) is 1.41. The van der Waals surface area contributed by atoms with Gasteiger partial charge < -0.3 is 14.8 Å². The fourth-order valence-electron chi connectivity index (χ4n) is 1.78. The van der Waals surface area contributed by atoms with Gasteiger partial charge in [-0.15, -0.1) is 0 Å². The van der Waals surface area contributed by atoms with E-state index in [-0.39, 0.29) is 5.54 Å². The van der Waals surface area contributed by atoms with Crippen molar-refractivity contribution < 1.29 is 9.47 Å². The predicted molar refractivity (Wildman–Crippen MR) is 73.3 cm³/mol. The third-order valence-electron chi connectivity index (χ3n) is 3.47. The lowest BCUT2D eigenvalue weighted by Crippen LogP contribution is -2.37. The van der Waals surface area contributed by atoms with Crippen LogP contribution < -0.4 is 14.8 Å². The second-order valence-corrected chi connectivity index (χ2v) is 5.42. The van der Waals surface area contributed by atoms with E-state index in [0.717, 1.165) is 44.1 Å². The Balaban J connectivity index is 2.04. The van der Waals surface area contributed by atoms with Gasteiger partial charge in [0, 0.05) is 18.5 Å². The molecule has 3 heteroatoms. The van der Waals surface area contributed by atoms with Crippen molar-refractivity contribution in [3.05, 3.63) is 23.8 Å². The number of fused-ring (bicyclic) bond motifs is 1. The quantitative estimate of drug-likeness (QED) is 0.889. The summed E-state index contributed by atoms with van der Waals surface area (Å²) >= 11 is 0. The Hall–Kier alpha value is -1.22. The molecule has 1 N–H and O–H groups in total. The van der Waals surface area contributed by atoms with E-state index in [1.807, 2.05) is 6.07 Å². The van der Waals surface area contributed by atoms with E-state index in [4.69, 9.17) is 9.47 Å². The summed E-state index contributed by atoms with van der Waals surface area (Å²) in [6.45, 7) is 8.97. The molecule has 0 fully saturated rings. The molecule has 0 radical (unpaired) electrons. The molecule has 0 aliphatic carbocycles. The highest BCUT2D eigenvalue weighted by atomic mass is 16.5. The van der Waals surface area contributed by atoms with Crippen LogP contribution >= 0.6 is 0 Å². The molecule has 2 rings (SSSR count). The minimum atomic E-state index is 0.171. The number of nitrogens with one attached hydrogen (secondary N) is 1. The van der Waals surface area contributed by atoms with Crippen LogP contribution in [0, 0.1) is 0 Å². The molecule has 0 atom stereocenters. The van der Waals surface area contributed by atoms with Crippen LogP contribution in [-0.2, 0) is 6.54 Å². The first-order valence-corrected chi connectivity index (χ1v) is 6.74. The van der Waals surface area contributed by atoms with Gasteiger partial charge in [-0.1, -0.05) is 13.0 Å². The standard InChI is InChI=1S/C15H23NO2/c1-4-15(2,3)16-11-12-6-7-13-14(10-12)18-9-5-8-17-13/h6-7,10,16H,4-5,8-9,11H2,1-3H3. The van der Waals surface area contributed by atoms with Crippen molar-refractivity contribution in [2.24, 2.45) is 0 Å². The molecule has 1 aliphatic heterocycles. The Morgan fingerprint density at radius 1 is 1.17 bits per heavy atom. The second kappa shape index (κ2) is 5.61. The number of rotatable bonds is 4. The maximum atomic E-state index is 5.69. The second-order valence-electron chi connectivity index (χ2n) is 5.42. The molecule has 0 unspecified atom stereocenters. The molecular formula is C15H23NO2. The molecule has 0 aromatic heterocycles. The van der Waals surface area contributed by atoms with Crippen molar-refractivity contribution >= 4 is 0 Å². The largest absolute Gasteiger partial charge is 0.490 e. The minimum absolute atomic E-state index is 0.171. The van der Waals surface area contributed by atoms with Crippen LogP contribution in [0.15, 0.2) is 18.2 Å². The molecule has 100 valence electrons. The van der Waals surface area contributed by atoms with Crippen LogP contribution in [-0.4, -0.2) is 18.8 Å². The van der Waals surface area contributed by atoms with Crippen molar-refractivity contribution in [2.75, 3.05) is 13.2 Å². The predicted octanol–water partition coefficient (Wildman–Crippen LogP) is 3.13. The fourth-order valence-corrected chi connectivity index (χ4v) is 1.78. The molecule has 0 saturated carbocycles. The van der Waals surface area contributed by atoms with Gasteiger partial charge in [0.25, 0.3) is 0 Å². The highest BCUT2D eigenvalue weighted by Crippen LogP contribution is 2.30. The zero-order valence-electron chi connectivity index (χ0n) is 11.6. The fraction of sp³-hybridized carbons (Fsp3) is 0.600. The van der Waals surface area contributed by atoms with E-state index < -0.39 is 0 Å². The van der Waals surface area contributed by atoms with Gasteiger partial charge in [0.05, 0.1) is 13.2 Å². The average molecular weight is 249 g/mol. The van der Waals surface area contributed by atoms with E-state index in [9.17, 15) is 0 Å². The zero-order chi connectivity index (χ0) is 13.0. The van der Waals surface area contributed by atoms with Crippen LogP contribution in [0.2, 0.25) is 0 Å². The van der Waals surface area contributed by atoms with E-state index in [0.29, 0.717) is 0 Å². The zero-order valence-corrected chi connectivity index (χ0v) is 11.6. The molecular weight excluding hydrogens is 226 g/mol. The van der Waals surface area contributed by atoms with E-state index in [1.54, 1.807) is 0 Å². The Morgan fingerprint density at radius 2 is 1.89 bits per heavy atom. The van der Waals surface area contributed by atoms with Crippen LogP contribution in [0.4, 0.5) is 0 Å². The number of hydrogen-bond acceptors (Lipinski definition) is 3. The average Bonchev–Trinajstić information content (AvgIpc) is 2.61. The molecule has 1 aromatic rings. The lowest BCUT2D eigenvalue weighted by molar-refractivity contribution is 0.297. The summed E-state index contributed by atoms with van der Waals surface area (Å²) in [4.78, 5) is 0. The van der Waals surface area contributed by atoms with Gasteiger partial charge in [0.2, 0.25) is 0 Å². The van der Waals surface area contributed by atoms with Gasteiger partial charge in [-0.05, 0) is 38.0 Å². The van der Waals surface area contributed by atoms with Gasteiger partial charge in [-0.3, -0.25) is 0 Å². The van der Waals surface area contributed by atoms with Gasteiger partial charge >= 0.3 is 0 Å². The van der Waals surface area contributed by atoms with E-state index >= 15 is 0 Å². The molecule has 0 spiro atoms. The molecule has 0 amide bonds. The van der Waals surface area contributed by atoms with Crippen LogP contribution in [0.5, 0.6) is 11.5 Å². The monoisotopic (exact) mass is 249 g/mol. The topological polar surface area (TPSA) is 30.5 Å². The van der Waals surface area contributed by atoms with E-state index in [2.05, 4.69) is 38.2 Å². The SMILES string of the molecule is CCC(C)(C)NCc1ccc2c(c1)OCCCO2. The van der Waals surface area contributed by atoms with Gasteiger partial charge in [0.15, 0.2) is 11.5 Å². The van der Waals surface area contributed by atoms with Crippen LogP contribution in [0.25, 0.3) is 0 Å². The summed E-state index contributed by atoms with van der Waals surface area (Å²) in [6.07, 6.45) is 2.06. The van der Waals surface area contributed by atoms with Crippen LogP contribution in [0.3, 0.4) is 0 Å². The molecule has 0 bridgehead atoms. The summed E-state index contributed by atoms with van der Waals surface area (Å²) in [6, 6.07) is 6.20. The highest BCUT2D eigenvalue weighted by Gasteiger charge is 2.15. The summed E-state index contributed by atoms with van der Waals surface area (Å²) < 4.78 is 11.3. The van der Waals surface area contributed by atoms with Gasteiger partial charge in [0.1, 0.15) is 0 Å². The maximum absolute atomic E-state index is 5.69. The normalized spacial score (nSPS) is 15.3. The number of benzene rings is 1. The molecule has 1 heterocycles. The van der Waals surface area contributed by atoms with Crippen LogP contribution in [0.1, 0.15) is 39.2 Å². The molecule has 1 aliphatic rings. The Labute approximate surface area is 109 Å². The van der Waals surface area contributed by atoms with Gasteiger partial charge in [-0.2, -0.15) is 0 Å². The molecule has 3 nitrogen and oxygen atoms in total.